The van der Waals surface area contributed by atoms with Gasteiger partial charge in [-0.05, 0) is 38.3 Å². The van der Waals surface area contributed by atoms with Crippen molar-refractivity contribution >= 4 is 57.2 Å². The molecule has 3 aromatic rings. The van der Waals surface area contributed by atoms with Gasteiger partial charge >= 0.3 is 5.97 Å². The van der Waals surface area contributed by atoms with E-state index in [9.17, 15) is 14.4 Å². The first-order valence-electron chi connectivity index (χ1n) is 10.8. The highest BCUT2D eigenvalue weighted by Gasteiger charge is 2.26. The Labute approximate surface area is 214 Å². The zero-order valence-electron chi connectivity index (χ0n) is 19.5. The Morgan fingerprint density at radius 1 is 1.34 bits per heavy atom. The Hall–Kier alpha value is -2.74. The zero-order valence-corrected chi connectivity index (χ0v) is 21.9. The minimum Gasteiger partial charge on any atom is -0.465 e. The number of nitrogens with two attached hydrogens (primary N) is 1. The van der Waals surface area contributed by atoms with Crippen molar-refractivity contribution in [3.63, 3.8) is 0 Å². The third-order valence-electron chi connectivity index (χ3n) is 5.46. The maximum Gasteiger partial charge on any atom is 0.341 e. The number of carbonyl (C=O) groups excluding carboxylic acids is 3. The Morgan fingerprint density at radius 3 is 2.77 bits per heavy atom. The number of aromatic nitrogens is 3. The summed E-state index contributed by atoms with van der Waals surface area (Å²) in [6, 6.07) is 2.06. The second-order valence-corrected chi connectivity index (χ2v) is 11.0. The van der Waals surface area contributed by atoms with Gasteiger partial charge < -0.3 is 20.5 Å². The lowest BCUT2D eigenvalue weighted by molar-refractivity contribution is -0.113. The number of carbonyl (C=O) groups is 3. The van der Waals surface area contributed by atoms with Crippen molar-refractivity contribution in [3.8, 4) is 11.4 Å². The minimum absolute atomic E-state index is 0.0236. The molecule has 1 saturated heterocycles. The van der Waals surface area contributed by atoms with Crippen molar-refractivity contribution in [1.82, 2.24) is 14.8 Å². The van der Waals surface area contributed by atoms with Crippen LogP contribution in [0, 0.1) is 13.8 Å². The van der Waals surface area contributed by atoms with Crippen LogP contribution in [0.1, 0.15) is 43.3 Å². The van der Waals surface area contributed by atoms with E-state index in [2.05, 4.69) is 21.6 Å². The number of hydrogen-bond donors (Lipinski definition) is 2. The fraction of sp³-hybridized carbons (Fsp3) is 0.409. The topological polar surface area (TPSA) is 138 Å². The van der Waals surface area contributed by atoms with Gasteiger partial charge in [0.05, 0.1) is 36.0 Å². The van der Waals surface area contributed by atoms with Crippen LogP contribution in [0.4, 0.5) is 5.00 Å². The van der Waals surface area contributed by atoms with Crippen LogP contribution in [0.2, 0.25) is 0 Å². The molecule has 3 aromatic heterocycles. The van der Waals surface area contributed by atoms with Crippen molar-refractivity contribution in [2.24, 2.45) is 5.73 Å². The molecule has 1 aliphatic rings. The van der Waals surface area contributed by atoms with Crippen LogP contribution >= 0.6 is 34.4 Å². The number of primary amides is 1. The number of esters is 1. The quantitative estimate of drug-likeness (QED) is 0.314. The number of thiophene rings is 2. The first-order valence-corrected chi connectivity index (χ1v) is 13.5. The van der Waals surface area contributed by atoms with E-state index in [1.54, 1.807) is 18.3 Å². The highest BCUT2D eigenvalue weighted by Crippen LogP contribution is 2.34. The van der Waals surface area contributed by atoms with Crippen LogP contribution in [0.3, 0.4) is 0 Å². The average molecular weight is 536 g/mol. The molecular weight excluding hydrogens is 510 g/mol. The second kappa shape index (κ2) is 10.9. The van der Waals surface area contributed by atoms with E-state index in [1.807, 2.05) is 16.9 Å². The van der Waals surface area contributed by atoms with E-state index in [0.29, 0.717) is 17.3 Å². The number of aryl methyl sites for hydroxylation is 1. The van der Waals surface area contributed by atoms with Gasteiger partial charge in [-0.25, -0.2) is 4.79 Å². The van der Waals surface area contributed by atoms with Crippen LogP contribution < -0.4 is 11.1 Å². The van der Waals surface area contributed by atoms with Crippen LogP contribution in [-0.2, 0) is 20.8 Å². The van der Waals surface area contributed by atoms with E-state index in [4.69, 9.17) is 15.2 Å². The van der Waals surface area contributed by atoms with Gasteiger partial charge in [-0.3, -0.25) is 14.2 Å². The van der Waals surface area contributed by atoms with Crippen LogP contribution in [0.15, 0.2) is 16.6 Å². The number of rotatable bonds is 9. The molecule has 0 radical (unpaired) electrons. The lowest BCUT2D eigenvalue weighted by Gasteiger charge is -2.14. The number of anilines is 1. The summed E-state index contributed by atoms with van der Waals surface area (Å²) in [7, 11) is 1.23. The van der Waals surface area contributed by atoms with E-state index in [-0.39, 0.29) is 33.2 Å². The number of methoxy groups -OCH3 is 1. The maximum atomic E-state index is 12.8. The molecule has 1 aliphatic heterocycles. The van der Waals surface area contributed by atoms with E-state index < -0.39 is 11.9 Å². The Bertz CT molecular complexity index is 1260. The first kappa shape index (κ1) is 25.4. The second-order valence-electron chi connectivity index (χ2n) is 7.95. The molecule has 1 unspecified atom stereocenters. The number of amides is 2. The molecule has 186 valence electrons. The molecule has 4 rings (SSSR count). The maximum absolute atomic E-state index is 12.8. The summed E-state index contributed by atoms with van der Waals surface area (Å²) in [6.07, 6.45) is 2.04. The molecule has 0 aliphatic carbocycles. The average Bonchev–Trinajstić information content (AvgIpc) is 3.61. The minimum atomic E-state index is -0.675. The number of nitrogens with one attached hydrogen (secondary N) is 1. The van der Waals surface area contributed by atoms with Gasteiger partial charge in [0.25, 0.3) is 5.91 Å². The lowest BCUT2D eigenvalue weighted by atomic mass is 10.1. The highest BCUT2D eigenvalue weighted by molar-refractivity contribution is 7.99. The van der Waals surface area contributed by atoms with Gasteiger partial charge in [-0.15, -0.1) is 32.9 Å². The molecule has 1 atom stereocenters. The van der Waals surface area contributed by atoms with Gasteiger partial charge in [-0.2, -0.15) is 0 Å². The van der Waals surface area contributed by atoms with Crippen molar-refractivity contribution in [1.29, 1.82) is 0 Å². The van der Waals surface area contributed by atoms with Crippen molar-refractivity contribution in [2.75, 3.05) is 24.8 Å². The Kier molecular flexibility index (Phi) is 7.89. The number of ether oxygens (including phenoxy) is 2. The van der Waals surface area contributed by atoms with Crippen LogP contribution in [0.5, 0.6) is 0 Å². The molecule has 0 spiro atoms. The molecule has 4 heterocycles. The third-order valence-corrected chi connectivity index (χ3v) is 8.51. The van der Waals surface area contributed by atoms with Gasteiger partial charge in [0, 0.05) is 22.4 Å². The summed E-state index contributed by atoms with van der Waals surface area (Å²) in [5.74, 6) is -0.930. The van der Waals surface area contributed by atoms with E-state index in [1.165, 1.54) is 23.7 Å². The number of hydrogen-bond acceptors (Lipinski definition) is 10. The molecule has 35 heavy (non-hydrogen) atoms. The predicted molar refractivity (Wildman–Crippen MR) is 135 cm³/mol. The predicted octanol–water partition coefficient (Wildman–Crippen LogP) is 3.48. The summed E-state index contributed by atoms with van der Waals surface area (Å²) in [6.45, 7) is 4.96. The summed E-state index contributed by atoms with van der Waals surface area (Å²) in [5.41, 5.74) is 6.90. The van der Waals surface area contributed by atoms with Crippen molar-refractivity contribution < 1.29 is 23.9 Å². The van der Waals surface area contributed by atoms with Crippen molar-refractivity contribution in [3.05, 3.63) is 32.3 Å². The Balaban J connectivity index is 1.52. The summed E-state index contributed by atoms with van der Waals surface area (Å²) in [4.78, 5) is 38.1. The molecule has 3 N–H and O–H groups in total. The third kappa shape index (κ3) is 5.58. The van der Waals surface area contributed by atoms with E-state index >= 15 is 0 Å². The molecule has 10 nitrogen and oxygen atoms in total. The smallest absolute Gasteiger partial charge is 0.341 e. The fourth-order valence-electron chi connectivity index (χ4n) is 3.80. The number of thioether (sulfide) groups is 1. The Morgan fingerprint density at radius 2 is 2.14 bits per heavy atom. The van der Waals surface area contributed by atoms with Gasteiger partial charge in [0.15, 0.2) is 11.0 Å². The summed E-state index contributed by atoms with van der Waals surface area (Å²) < 4.78 is 12.6. The monoisotopic (exact) mass is 535 g/mol. The lowest BCUT2D eigenvalue weighted by Crippen LogP contribution is -2.18. The first-order chi connectivity index (χ1) is 16.8. The van der Waals surface area contributed by atoms with Crippen LogP contribution in [0.25, 0.3) is 11.4 Å². The summed E-state index contributed by atoms with van der Waals surface area (Å²) in [5, 5.41) is 14.3. The van der Waals surface area contributed by atoms with Gasteiger partial charge in [0.2, 0.25) is 5.91 Å². The standard InChI is InChI=1S/C22H25N5O5S3/c1-11-7-13(9-33-11)19-25-26-22(27(19)8-14-5-4-6-32-14)34-10-15(28)24-20-16(21(30)31-3)12(2)17(35-20)18(23)29/h7,9,14H,4-6,8,10H2,1-3H3,(H2,23,29)(H,24,28). The highest BCUT2D eigenvalue weighted by atomic mass is 32.2. The fourth-order valence-corrected chi connectivity index (χ4v) is 6.30. The zero-order chi connectivity index (χ0) is 25.1. The molecule has 1 fully saturated rings. The molecule has 13 heteroatoms. The van der Waals surface area contributed by atoms with Gasteiger partial charge in [-0.1, -0.05) is 11.8 Å². The summed E-state index contributed by atoms with van der Waals surface area (Å²) >= 11 is 3.83. The molecule has 2 amide bonds. The van der Waals surface area contributed by atoms with E-state index in [0.717, 1.165) is 42.2 Å². The normalized spacial score (nSPS) is 15.3. The molecule has 0 bridgehead atoms. The molecule has 0 saturated carbocycles. The van der Waals surface area contributed by atoms with Gasteiger partial charge in [0.1, 0.15) is 5.00 Å². The molecular formula is C22H25N5O5S3. The SMILES string of the molecule is COC(=O)c1c(NC(=O)CSc2nnc(-c3csc(C)c3)n2CC2CCCO2)sc(C(N)=O)c1C. The largest absolute Gasteiger partial charge is 0.465 e. The van der Waals surface area contributed by atoms with Crippen molar-refractivity contribution in [2.45, 2.75) is 44.5 Å². The van der Waals surface area contributed by atoms with Crippen LogP contribution in [-0.4, -0.2) is 58.1 Å². The molecule has 0 aromatic carbocycles. The number of nitrogens with zero attached hydrogens (tertiary/aromatic N) is 3.